The van der Waals surface area contributed by atoms with Gasteiger partial charge in [0.05, 0.1) is 5.69 Å². The molecule has 0 unspecified atom stereocenters. The Morgan fingerprint density at radius 1 is 1.17 bits per heavy atom. The second-order valence-electron chi connectivity index (χ2n) is 3.96. The van der Waals surface area contributed by atoms with Crippen LogP contribution in [0.15, 0.2) is 29.6 Å². The summed E-state index contributed by atoms with van der Waals surface area (Å²) in [5.41, 5.74) is 3.67. The summed E-state index contributed by atoms with van der Waals surface area (Å²) in [6, 6.07) is 8.67. The zero-order valence-electron chi connectivity index (χ0n) is 10.8. The second-order valence-corrected chi connectivity index (χ2v) is 4.90. The molecule has 98 valence electrons. The number of benzene rings is 1. The molecule has 2 rings (SSSR count). The summed E-state index contributed by atoms with van der Waals surface area (Å²) >= 11 is 1.72. The molecular formula is C14H19ClN2S. The number of rotatable bonds is 5. The van der Waals surface area contributed by atoms with Crippen LogP contribution >= 0.6 is 23.7 Å². The molecule has 0 atom stereocenters. The Morgan fingerprint density at radius 2 is 1.89 bits per heavy atom. The van der Waals surface area contributed by atoms with Crippen LogP contribution in [0.3, 0.4) is 0 Å². The predicted molar refractivity (Wildman–Crippen MR) is 81.6 cm³/mol. The number of aryl methyl sites for hydroxylation is 1. The Morgan fingerprint density at radius 3 is 2.50 bits per heavy atom. The Labute approximate surface area is 119 Å². The van der Waals surface area contributed by atoms with Crippen LogP contribution in [0.5, 0.6) is 0 Å². The van der Waals surface area contributed by atoms with E-state index in [4.69, 9.17) is 0 Å². The molecule has 0 radical (unpaired) electrons. The van der Waals surface area contributed by atoms with Gasteiger partial charge in [0.25, 0.3) is 0 Å². The smallest absolute Gasteiger partial charge is 0.107 e. The van der Waals surface area contributed by atoms with Crippen molar-refractivity contribution in [3.8, 4) is 11.3 Å². The molecule has 4 heteroatoms. The van der Waals surface area contributed by atoms with Crippen molar-refractivity contribution in [2.24, 2.45) is 0 Å². The highest BCUT2D eigenvalue weighted by Gasteiger charge is 2.03. The zero-order chi connectivity index (χ0) is 12.1. The summed E-state index contributed by atoms with van der Waals surface area (Å²) in [4.78, 5) is 4.63. The molecule has 0 saturated carbocycles. The summed E-state index contributed by atoms with van der Waals surface area (Å²) in [7, 11) is 0. The molecule has 2 nitrogen and oxygen atoms in total. The van der Waals surface area contributed by atoms with Crippen LogP contribution < -0.4 is 5.32 Å². The number of nitrogens with zero attached hydrogens (tertiary/aromatic N) is 1. The van der Waals surface area contributed by atoms with Gasteiger partial charge in [0, 0.05) is 17.5 Å². The maximum absolute atomic E-state index is 4.63. The molecule has 0 aliphatic heterocycles. The summed E-state index contributed by atoms with van der Waals surface area (Å²) < 4.78 is 0. The van der Waals surface area contributed by atoms with E-state index in [1.165, 1.54) is 11.1 Å². The maximum atomic E-state index is 4.63. The lowest BCUT2D eigenvalue weighted by Gasteiger charge is -1.99. The van der Waals surface area contributed by atoms with Crippen molar-refractivity contribution >= 4 is 23.7 Å². The first-order chi connectivity index (χ1) is 8.33. The highest BCUT2D eigenvalue weighted by molar-refractivity contribution is 7.09. The number of halogens is 1. The quantitative estimate of drug-likeness (QED) is 0.899. The molecule has 0 aliphatic rings. The number of thiazole rings is 1. The predicted octanol–water partition coefficient (Wildman–Crippen LogP) is 3.90. The van der Waals surface area contributed by atoms with E-state index >= 15 is 0 Å². The SMILES string of the molecule is CCNCc1nc(-c2ccc(CC)cc2)cs1.Cl. The van der Waals surface area contributed by atoms with E-state index in [2.05, 4.69) is 53.8 Å². The van der Waals surface area contributed by atoms with E-state index in [9.17, 15) is 0 Å². The van der Waals surface area contributed by atoms with Crippen LogP contribution in [0.25, 0.3) is 11.3 Å². The van der Waals surface area contributed by atoms with Gasteiger partial charge in [0.1, 0.15) is 5.01 Å². The minimum Gasteiger partial charge on any atom is -0.311 e. The van der Waals surface area contributed by atoms with E-state index in [-0.39, 0.29) is 12.4 Å². The van der Waals surface area contributed by atoms with Gasteiger partial charge in [-0.05, 0) is 18.5 Å². The maximum Gasteiger partial charge on any atom is 0.107 e. The van der Waals surface area contributed by atoms with E-state index in [1.54, 1.807) is 11.3 Å². The van der Waals surface area contributed by atoms with Crippen LogP contribution in [0.4, 0.5) is 0 Å². The molecule has 1 aromatic heterocycles. The first-order valence-corrected chi connectivity index (χ1v) is 6.96. The third-order valence-corrected chi connectivity index (χ3v) is 3.58. The Kier molecular flexibility index (Phi) is 6.33. The first-order valence-electron chi connectivity index (χ1n) is 6.08. The lowest BCUT2D eigenvalue weighted by Crippen LogP contribution is -2.11. The molecule has 0 spiro atoms. The number of aromatic nitrogens is 1. The van der Waals surface area contributed by atoms with Gasteiger partial charge in [-0.2, -0.15) is 0 Å². The highest BCUT2D eigenvalue weighted by atomic mass is 35.5. The second kappa shape index (κ2) is 7.52. The van der Waals surface area contributed by atoms with Gasteiger partial charge >= 0.3 is 0 Å². The third-order valence-electron chi connectivity index (χ3n) is 2.74. The minimum atomic E-state index is 0. The van der Waals surface area contributed by atoms with Crippen molar-refractivity contribution in [3.63, 3.8) is 0 Å². The van der Waals surface area contributed by atoms with Gasteiger partial charge < -0.3 is 5.32 Å². The van der Waals surface area contributed by atoms with Crippen LogP contribution in [-0.2, 0) is 13.0 Å². The summed E-state index contributed by atoms with van der Waals surface area (Å²) in [6.45, 7) is 6.14. The fraction of sp³-hybridized carbons (Fsp3) is 0.357. The van der Waals surface area contributed by atoms with Crippen molar-refractivity contribution in [1.82, 2.24) is 10.3 Å². The monoisotopic (exact) mass is 282 g/mol. The summed E-state index contributed by atoms with van der Waals surface area (Å²) in [6.07, 6.45) is 1.09. The number of nitrogens with one attached hydrogen (secondary N) is 1. The molecule has 1 heterocycles. The Hall–Kier alpha value is -0.900. The molecule has 2 aromatic rings. The lowest BCUT2D eigenvalue weighted by atomic mass is 10.1. The van der Waals surface area contributed by atoms with E-state index in [0.29, 0.717) is 0 Å². The van der Waals surface area contributed by atoms with Gasteiger partial charge in [-0.15, -0.1) is 23.7 Å². The van der Waals surface area contributed by atoms with Gasteiger partial charge in [-0.25, -0.2) is 4.98 Å². The largest absolute Gasteiger partial charge is 0.311 e. The summed E-state index contributed by atoms with van der Waals surface area (Å²) in [5.74, 6) is 0. The van der Waals surface area contributed by atoms with E-state index in [1.807, 2.05) is 0 Å². The van der Waals surface area contributed by atoms with Crippen molar-refractivity contribution in [1.29, 1.82) is 0 Å². The lowest BCUT2D eigenvalue weighted by molar-refractivity contribution is 0.723. The molecule has 0 bridgehead atoms. The molecule has 0 fully saturated rings. The third kappa shape index (κ3) is 3.80. The fourth-order valence-corrected chi connectivity index (χ4v) is 2.44. The first kappa shape index (κ1) is 15.2. The standard InChI is InChI=1S/C14H18N2S.ClH/c1-3-11-5-7-12(8-6-11)13-10-17-14(16-13)9-15-4-2;/h5-8,10,15H,3-4,9H2,1-2H3;1H. The van der Waals surface area contributed by atoms with Gasteiger partial charge in [0.2, 0.25) is 0 Å². The number of hydrogen-bond donors (Lipinski definition) is 1. The zero-order valence-corrected chi connectivity index (χ0v) is 12.4. The van der Waals surface area contributed by atoms with Crippen molar-refractivity contribution in [2.45, 2.75) is 26.8 Å². The van der Waals surface area contributed by atoms with Crippen molar-refractivity contribution in [2.75, 3.05) is 6.54 Å². The van der Waals surface area contributed by atoms with Gasteiger partial charge in [-0.3, -0.25) is 0 Å². The van der Waals surface area contributed by atoms with Crippen LogP contribution in [0, 0.1) is 0 Å². The van der Waals surface area contributed by atoms with E-state index < -0.39 is 0 Å². The molecule has 1 aromatic carbocycles. The Bertz CT molecular complexity index is 465. The van der Waals surface area contributed by atoms with Gasteiger partial charge in [0.15, 0.2) is 0 Å². The highest BCUT2D eigenvalue weighted by Crippen LogP contribution is 2.22. The average molecular weight is 283 g/mol. The van der Waals surface area contributed by atoms with Gasteiger partial charge in [-0.1, -0.05) is 38.1 Å². The van der Waals surface area contributed by atoms with E-state index in [0.717, 1.165) is 30.2 Å². The molecular weight excluding hydrogens is 264 g/mol. The molecule has 1 N–H and O–H groups in total. The van der Waals surface area contributed by atoms with Crippen LogP contribution in [0.1, 0.15) is 24.4 Å². The number of hydrogen-bond acceptors (Lipinski definition) is 3. The summed E-state index contributed by atoms with van der Waals surface area (Å²) in [5, 5.41) is 6.58. The Balaban J connectivity index is 0.00000162. The molecule has 0 amide bonds. The fourth-order valence-electron chi connectivity index (χ4n) is 1.67. The van der Waals surface area contributed by atoms with Crippen molar-refractivity contribution in [3.05, 3.63) is 40.2 Å². The minimum absolute atomic E-state index is 0. The topological polar surface area (TPSA) is 24.9 Å². The van der Waals surface area contributed by atoms with Crippen molar-refractivity contribution < 1.29 is 0 Å². The normalized spacial score (nSPS) is 10.1. The molecule has 0 aliphatic carbocycles. The van der Waals surface area contributed by atoms with Crippen LogP contribution in [0.2, 0.25) is 0 Å². The molecule has 18 heavy (non-hydrogen) atoms. The average Bonchev–Trinajstić information content (AvgIpc) is 2.85. The molecule has 0 saturated heterocycles. The van der Waals surface area contributed by atoms with Crippen LogP contribution in [-0.4, -0.2) is 11.5 Å².